The molecule has 168 valence electrons. The second-order valence-electron chi connectivity index (χ2n) is 7.20. The summed E-state index contributed by atoms with van der Waals surface area (Å²) in [6.45, 7) is 3.54. The third-order valence-electron chi connectivity index (χ3n) is 4.63. The van der Waals surface area contributed by atoms with Crippen LogP contribution < -0.4 is 9.64 Å². The van der Waals surface area contributed by atoms with Crippen LogP contribution in [0.15, 0.2) is 41.3 Å². The third kappa shape index (κ3) is 6.73. The summed E-state index contributed by atoms with van der Waals surface area (Å²) < 4.78 is 6.13. The molecule has 9 heteroatoms. The molecule has 1 heterocycles. The summed E-state index contributed by atoms with van der Waals surface area (Å²) in [4.78, 5) is 22.9. The maximum atomic E-state index is 13.2. The molecule has 5 nitrogen and oxygen atoms in total. The molecule has 0 fully saturated rings. The zero-order valence-corrected chi connectivity index (χ0v) is 21.3. The Kier molecular flexibility index (Phi) is 9.90. The fourth-order valence-corrected chi connectivity index (χ4v) is 5.11. The number of thiazole rings is 1. The van der Waals surface area contributed by atoms with E-state index in [1.807, 2.05) is 57.4 Å². The Morgan fingerprint density at radius 1 is 1.16 bits per heavy atom. The normalized spacial score (nSPS) is 10.9. The van der Waals surface area contributed by atoms with Crippen molar-refractivity contribution in [3.8, 4) is 5.75 Å². The standard InChI is InChI=1S/C22H26ClN3O2S2.ClH/c1-15-6-11-18(23)21-20(15)24-22(30-21)26(13-5-12-25(2)3)19(27)14-29-17-9-7-16(28-4)8-10-17;/h6-11H,5,12-14H2,1-4H3;1H. The minimum atomic E-state index is 0. The highest BCUT2D eigenvalue weighted by Gasteiger charge is 2.21. The van der Waals surface area contributed by atoms with Gasteiger partial charge in [-0.1, -0.05) is 29.0 Å². The van der Waals surface area contributed by atoms with Gasteiger partial charge in [0.15, 0.2) is 5.13 Å². The van der Waals surface area contributed by atoms with Crippen LogP contribution in [0.1, 0.15) is 12.0 Å². The molecular weight excluding hydrogens is 473 g/mol. The summed E-state index contributed by atoms with van der Waals surface area (Å²) in [5.41, 5.74) is 1.93. The summed E-state index contributed by atoms with van der Waals surface area (Å²) in [5.74, 6) is 1.19. The quantitative estimate of drug-likeness (QED) is 0.350. The van der Waals surface area contributed by atoms with Crippen molar-refractivity contribution < 1.29 is 9.53 Å². The van der Waals surface area contributed by atoms with Gasteiger partial charge in [0.2, 0.25) is 5.91 Å². The number of nitrogens with zero attached hydrogens (tertiary/aromatic N) is 3. The maximum Gasteiger partial charge on any atom is 0.239 e. The number of carbonyl (C=O) groups excluding carboxylic acids is 1. The molecule has 31 heavy (non-hydrogen) atoms. The molecule has 0 radical (unpaired) electrons. The first-order valence-electron chi connectivity index (χ1n) is 9.66. The van der Waals surface area contributed by atoms with Crippen molar-refractivity contribution in [3.63, 3.8) is 0 Å². The molecule has 3 rings (SSSR count). The van der Waals surface area contributed by atoms with Gasteiger partial charge in [-0.25, -0.2) is 4.98 Å². The third-order valence-corrected chi connectivity index (χ3v) is 7.16. The number of benzene rings is 2. The number of aromatic nitrogens is 1. The Morgan fingerprint density at radius 2 is 1.87 bits per heavy atom. The zero-order valence-electron chi connectivity index (χ0n) is 18.1. The van der Waals surface area contributed by atoms with Crippen LogP contribution in [-0.2, 0) is 4.79 Å². The predicted molar refractivity (Wildman–Crippen MR) is 136 cm³/mol. The van der Waals surface area contributed by atoms with Gasteiger partial charge in [0.05, 0.1) is 28.1 Å². The van der Waals surface area contributed by atoms with Crippen molar-refractivity contribution in [2.45, 2.75) is 18.2 Å². The molecule has 0 aliphatic heterocycles. The van der Waals surface area contributed by atoms with E-state index in [0.29, 0.717) is 22.5 Å². The number of aryl methyl sites for hydroxylation is 1. The fraction of sp³-hybridized carbons (Fsp3) is 0.364. The number of anilines is 1. The summed E-state index contributed by atoms with van der Waals surface area (Å²) in [5, 5.41) is 1.38. The van der Waals surface area contributed by atoms with E-state index in [-0.39, 0.29) is 18.3 Å². The van der Waals surface area contributed by atoms with Crippen LogP contribution in [0.3, 0.4) is 0 Å². The summed E-state index contributed by atoms with van der Waals surface area (Å²) in [6, 6.07) is 11.6. The van der Waals surface area contributed by atoms with Gasteiger partial charge < -0.3 is 9.64 Å². The van der Waals surface area contributed by atoms with Gasteiger partial charge in [-0.3, -0.25) is 9.69 Å². The summed E-state index contributed by atoms with van der Waals surface area (Å²) in [6.07, 6.45) is 0.870. The van der Waals surface area contributed by atoms with E-state index in [0.717, 1.165) is 39.4 Å². The molecule has 2 aromatic carbocycles. The van der Waals surface area contributed by atoms with Crippen LogP contribution in [0.4, 0.5) is 5.13 Å². The average Bonchev–Trinajstić information content (AvgIpc) is 3.19. The number of methoxy groups -OCH3 is 1. The molecule has 0 saturated carbocycles. The second kappa shape index (κ2) is 11.9. The number of rotatable bonds is 9. The number of hydrogen-bond donors (Lipinski definition) is 0. The van der Waals surface area contributed by atoms with Gasteiger partial charge in [0.1, 0.15) is 5.75 Å². The van der Waals surface area contributed by atoms with Crippen LogP contribution in [0.25, 0.3) is 10.2 Å². The predicted octanol–water partition coefficient (Wildman–Crippen LogP) is 5.77. The number of ether oxygens (including phenoxy) is 1. The Balaban J connectivity index is 0.00000341. The number of amides is 1. The van der Waals surface area contributed by atoms with Crippen molar-refractivity contribution in [1.29, 1.82) is 0 Å². The minimum Gasteiger partial charge on any atom is -0.497 e. The van der Waals surface area contributed by atoms with Crippen LogP contribution >= 0.6 is 47.1 Å². The summed E-state index contributed by atoms with van der Waals surface area (Å²) >= 11 is 9.38. The lowest BCUT2D eigenvalue weighted by molar-refractivity contribution is -0.116. The van der Waals surface area contributed by atoms with Gasteiger partial charge in [0.25, 0.3) is 0 Å². The Labute approximate surface area is 203 Å². The molecule has 0 spiro atoms. The molecular formula is C22H27Cl2N3O2S2. The van der Waals surface area contributed by atoms with E-state index in [9.17, 15) is 4.79 Å². The molecule has 0 N–H and O–H groups in total. The van der Waals surface area contributed by atoms with E-state index in [1.165, 1.54) is 23.1 Å². The number of hydrogen-bond acceptors (Lipinski definition) is 6. The number of carbonyl (C=O) groups is 1. The van der Waals surface area contributed by atoms with Crippen LogP contribution in [-0.4, -0.2) is 55.8 Å². The van der Waals surface area contributed by atoms with Gasteiger partial charge in [-0.2, -0.15) is 0 Å². The lowest BCUT2D eigenvalue weighted by atomic mass is 10.2. The highest BCUT2D eigenvalue weighted by Crippen LogP contribution is 2.36. The Morgan fingerprint density at radius 3 is 2.48 bits per heavy atom. The van der Waals surface area contributed by atoms with Crippen molar-refractivity contribution in [2.75, 3.05) is 44.9 Å². The second-order valence-corrected chi connectivity index (χ2v) is 9.64. The smallest absolute Gasteiger partial charge is 0.239 e. The van der Waals surface area contributed by atoms with E-state index >= 15 is 0 Å². The molecule has 0 aliphatic carbocycles. The van der Waals surface area contributed by atoms with Gasteiger partial charge >= 0.3 is 0 Å². The largest absolute Gasteiger partial charge is 0.497 e. The SMILES string of the molecule is COc1ccc(SCC(=O)N(CCCN(C)C)c2nc3c(C)ccc(Cl)c3s2)cc1.Cl. The molecule has 0 aliphatic rings. The molecule has 0 saturated heterocycles. The Bertz CT molecular complexity index is 971. The monoisotopic (exact) mass is 499 g/mol. The molecule has 0 unspecified atom stereocenters. The summed E-state index contributed by atoms with van der Waals surface area (Å²) in [7, 11) is 5.71. The number of fused-ring (bicyclic) bond motifs is 1. The minimum absolute atomic E-state index is 0. The Hall–Kier alpha value is -1.51. The van der Waals surface area contributed by atoms with Crippen LogP contribution in [0.2, 0.25) is 5.02 Å². The van der Waals surface area contributed by atoms with Crippen LogP contribution in [0.5, 0.6) is 5.75 Å². The van der Waals surface area contributed by atoms with Crippen LogP contribution in [0, 0.1) is 6.92 Å². The maximum absolute atomic E-state index is 13.2. The molecule has 1 aromatic heterocycles. The first kappa shape index (κ1) is 25.7. The van der Waals surface area contributed by atoms with Gasteiger partial charge in [0, 0.05) is 11.4 Å². The molecule has 3 aromatic rings. The molecule has 1 amide bonds. The first-order valence-corrected chi connectivity index (χ1v) is 11.8. The van der Waals surface area contributed by atoms with E-state index in [1.54, 1.807) is 12.0 Å². The topological polar surface area (TPSA) is 45.7 Å². The zero-order chi connectivity index (χ0) is 21.7. The molecule has 0 bridgehead atoms. The highest BCUT2D eigenvalue weighted by molar-refractivity contribution is 8.00. The highest BCUT2D eigenvalue weighted by atomic mass is 35.5. The van der Waals surface area contributed by atoms with Crippen molar-refractivity contribution in [1.82, 2.24) is 9.88 Å². The van der Waals surface area contributed by atoms with E-state index in [4.69, 9.17) is 21.3 Å². The first-order chi connectivity index (χ1) is 14.4. The molecule has 0 atom stereocenters. The fourth-order valence-electron chi connectivity index (χ4n) is 2.97. The number of halogens is 2. The van der Waals surface area contributed by atoms with Crippen molar-refractivity contribution in [2.24, 2.45) is 0 Å². The van der Waals surface area contributed by atoms with E-state index in [2.05, 4.69) is 4.90 Å². The van der Waals surface area contributed by atoms with Crippen molar-refractivity contribution in [3.05, 3.63) is 47.0 Å². The average molecular weight is 501 g/mol. The van der Waals surface area contributed by atoms with E-state index < -0.39 is 0 Å². The van der Waals surface area contributed by atoms with Gasteiger partial charge in [-0.15, -0.1) is 24.2 Å². The van der Waals surface area contributed by atoms with Gasteiger partial charge in [-0.05, 0) is 69.9 Å². The van der Waals surface area contributed by atoms with Crippen molar-refractivity contribution >= 4 is 68.4 Å². The lowest BCUT2D eigenvalue weighted by Gasteiger charge is -2.21. The lowest BCUT2D eigenvalue weighted by Crippen LogP contribution is -2.34. The number of thioether (sulfide) groups is 1.